The van der Waals surface area contributed by atoms with Crippen molar-refractivity contribution in [1.29, 1.82) is 0 Å². The lowest BCUT2D eigenvalue weighted by Gasteiger charge is -2.20. The van der Waals surface area contributed by atoms with Gasteiger partial charge in [-0.15, -0.1) is 0 Å². The van der Waals surface area contributed by atoms with E-state index >= 15 is 0 Å². The first-order chi connectivity index (χ1) is 11.7. The predicted octanol–water partition coefficient (Wildman–Crippen LogP) is 1.09. The fourth-order valence-electron chi connectivity index (χ4n) is 3.23. The fraction of sp³-hybridized carbons (Fsp3) is 0.824. The van der Waals surface area contributed by atoms with Gasteiger partial charge in [-0.1, -0.05) is 12.8 Å². The third-order valence-corrected chi connectivity index (χ3v) is 4.67. The summed E-state index contributed by atoms with van der Waals surface area (Å²) < 4.78 is 0. The molecule has 0 aliphatic carbocycles. The van der Waals surface area contributed by atoms with E-state index in [2.05, 4.69) is 10.6 Å². The van der Waals surface area contributed by atoms with Crippen molar-refractivity contribution in [1.82, 2.24) is 20.4 Å². The first-order valence-electron chi connectivity index (χ1n) is 9.24. The van der Waals surface area contributed by atoms with E-state index in [1.54, 1.807) is 0 Å². The summed E-state index contributed by atoms with van der Waals surface area (Å²) in [6.45, 7) is 4.02. The molecule has 0 aromatic rings. The Bertz CT molecular complexity index is 428. The maximum absolute atomic E-state index is 12.1. The van der Waals surface area contributed by atoms with E-state index in [9.17, 15) is 14.4 Å². The average molecular weight is 338 g/mol. The van der Waals surface area contributed by atoms with Crippen molar-refractivity contribution in [2.75, 3.05) is 39.3 Å². The molecule has 0 aromatic heterocycles. The van der Waals surface area contributed by atoms with Crippen molar-refractivity contribution in [3.63, 3.8) is 0 Å². The molecule has 0 spiro atoms. The van der Waals surface area contributed by atoms with Crippen molar-refractivity contribution < 1.29 is 14.4 Å². The summed E-state index contributed by atoms with van der Waals surface area (Å²) >= 11 is 0. The van der Waals surface area contributed by atoms with Crippen LogP contribution in [0, 0.1) is 0 Å². The standard InChI is InChI=1S/C17H30N4O3/c22-15(20-11-3-1-2-4-12-20)7-9-18-17(24)19-10-8-16(23)21-13-5-6-14-21/h1-14H2,(H2,18,19,24). The summed E-state index contributed by atoms with van der Waals surface area (Å²) in [5.74, 6) is 0.213. The second kappa shape index (κ2) is 10.2. The normalized spacial score (nSPS) is 18.2. The van der Waals surface area contributed by atoms with Crippen LogP contribution in [0.3, 0.4) is 0 Å². The quantitative estimate of drug-likeness (QED) is 0.761. The number of carbonyl (C=O) groups excluding carboxylic acids is 3. The molecule has 7 nitrogen and oxygen atoms in total. The summed E-state index contributed by atoms with van der Waals surface area (Å²) in [5.41, 5.74) is 0. The fourth-order valence-corrected chi connectivity index (χ4v) is 3.23. The Kier molecular flexibility index (Phi) is 7.85. The van der Waals surface area contributed by atoms with Crippen molar-refractivity contribution in [3.8, 4) is 0 Å². The van der Waals surface area contributed by atoms with Gasteiger partial charge in [0, 0.05) is 52.1 Å². The third-order valence-electron chi connectivity index (χ3n) is 4.67. The zero-order valence-corrected chi connectivity index (χ0v) is 14.5. The van der Waals surface area contributed by atoms with Gasteiger partial charge in [0.2, 0.25) is 11.8 Å². The largest absolute Gasteiger partial charge is 0.343 e. The van der Waals surface area contributed by atoms with Gasteiger partial charge in [-0.05, 0) is 25.7 Å². The zero-order valence-electron chi connectivity index (χ0n) is 14.5. The molecule has 136 valence electrons. The molecule has 2 aliphatic heterocycles. The first-order valence-corrected chi connectivity index (χ1v) is 9.24. The van der Waals surface area contributed by atoms with Crippen molar-refractivity contribution in [3.05, 3.63) is 0 Å². The molecule has 7 heteroatoms. The Morgan fingerprint density at radius 1 is 0.625 bits per heavy atom. The van der Waals surface area contributed by atoms with Gasteiger partial charge in [-0.2, -0.15) is 0 Å². The molecule has 2 N–H and O–H groups in total. The number of likely N-dealkylation sites (tertiary alicyclic amines) is 2. The van der Waals surface area contributed by atoms with Crippen molar-refractivity contribution >= 4 is 17.8 Å². The van der Waals surface area contributed by atoms with Crippen LogP contribution in [0.25, 0.3) is 0 Å². The summed E-state index contributed by atoms with van der Waals surface area (Å²) in [5, 5.41) is 5.37. The van der Waals surface area contributed by atoms with Crippen LogP contribution < -0.4 is 10.6 Å². The predicted molar refractivity (Wildman–Crippen MR) is 91.5 cm³/mol. The minimum Gasteiger partial charge on any atom is -0.343 e. The minimum atomic E-state index is -0.312. The van der Waals surface area contributed by atoms with Crippen LogP contribution in [0.1, 0.15) is 51.4 Å². The third kappa shape index (κ3) is 6.37. The Balaban J connectivity index is 1.52. The van der Waals surface area contributed by atoms with E-state index in [4.69, 9.17) is 0 Å². The number of hydrogen-bond donors (Lipinski definition) is 2. The monoisotopic (exact) mass is 338 g/mol. The molecule has 2 fully saturated rings. The summed E-state index contributed by atoms with van der Waals surface area (Å²) in [6.07, 6.45) is 7.35. The van der Waals surface area contributed by atoms with Crippen molar-refractivity contribution in [2.24, 2.45) is 0 Å². The second-order valence-corrected chi connectivity index (χ2v) is 6.57. The highest BCUT2D eigenvalue weighted by molar-refractivity contribution is 5.79. The molecule has 24 heavy (non-hydrogen) atoms. The molecule has 0 unspecified atom stereocenters. The van der Waals surface area contributed by atoms with Gasteiger partial charge in [0.1, 0.15) is 0 Å². The van der Waals surface area contributed by atoms with Crippen LogP contribution in [0.2, 0.25) is 0 Å². The van der Waals surface area contributed by atoms with Crippen molar-refractivity contribution in [2.45, 2.75) is 51.4 Å². The van der Waals surface area contributed by atoms with Gasteiger partial charge in [0.25, 0.3) is 0 Å². The van der Waals surface area contributed by atoms with Gasteiger partial charge in [-0.25, -0.2) is 4.79 Å². The Morgan fingerprint density at radius 3 is 1.42 bits per heavy atom. The molecule has 0 aromatic carbocycles. The first kappa shape index (κ1) is 18.5. The molecular formula is C17H30N4O3. The highest BCUT2D eigenvalue weighted by Gasteiger charge is 2.18. The smallest absolute Gasteiger partial charge is 0.314 e. The van der Waals surface area contributed by atoms with E-state index in [1.165, 1.54) is 12.8 Å². The number of nitrogens with zero attached hydrogens (tertiary/aromatic N) is 2. The van der Waals surface area contributed by atoms with Crippen LogP contribution >= 0.6 is 0 Å². The number of carbonyl (C=O) groups is 3. The molecule has 0 saturated carbocycles. The molecule has 2 aliphatic rings. The maximum atomic E-state index is 12.1. The zero-order chi connectivity index (χ0) is 17.2. The topological polar surface area (TPSA) is 81.8 Å². The number of urea groups is 1. The van der Waals surface area contributed by atoms with E-state index in [-0.39, 0.29) is 17.8 Å². The minimum absolute atomic E-state index is 0.101. The van der Waals surface area contributed by atoms with Crippen LogP contribution in [-0.4, -0.2) is 66.9 Å². The highest BCUT2D eigenvalue weighted by atomic mass is 16.2. The number of nitrogens with one attached hydrogen (secondary N) is 2. The van der Waals surface area contributed by atoms with Gasteiger partial charge in [0.15, 0.2) is 0 Å². The highest BCUT2D eigenvalue weighted by Crippen LogP contribution is 2.10. The maximum Gasteiger partial charge on any atom is 0.314 e. The van der Waals surface area contributed by atoms with Crippen LogP contribution in [-0.2, 0) is 9.59 Å². The summed E-state index contributed by atoms with van der Waals surface area (Å²) in [4.78, 5) is 39.4. The van der Waals surface area contributed by atoms with Gasteiger partial charge < -0.3 is 20.4 Å². The molecule has 4 amide bonds. The molecule has 0 bridgehead atoms. The Hall–Kier alpha value is -1.79. The van der Waals surface area contributed by atoms with Crippen LogP contribution in [0.4, 0.5) is 4.79 Å². The van der Waals surface area contributed by atoms with Gasteiger partial charge in [-0.3, -0.25) is 9.59 Å². The molecule has 2 saturated heterocycles. The lowest BCUT2D eigenvalue weighted by atomic mass is 10.2. The van der Waals surface area contributed by atoms with Crippen LogP contribution in [0.15, 0.2) is 0 Å². The summed E-state index contributed by atoms with van der Waals surface area (Å²) in [6, 6.07) is -0.312. The molecule has 2 heterocycles. The Morgan fingerprint density at radius 2 is 1.00 bits per heavy atom. The SMILES string of the molecule is O=C(NCCC(=O)N1CCCCCC1)NCCC(=O)N1CCCC1. The van der Waals surface area contributed by atoms with Gasteiger partial charge >= 0.3 is 6.03 Å². The lowest BCUT2D eigenvalue weighted by Crippen LogP contribution is -2.40. The molecule has 0 radical (unpaired) electrons. The van der Waals surface area contributed by atoms with E-state index in [1.807, 2.05) is 9.80 Å². The Labute approximate surface area is 144 Å². The molecule has 0 atom stereocenters. The second-order valence-electron chi connectivity index (χ2n) is 6.57. The van der Waals surface area contributed by atoms with Gasteiger partial charge in [0.05, 0.1) is 0 Å². The van der Waals surface area contributed by atoms with Crippen LogP contribution in [0.5, 0.6) is 0 Å². The van der Waals surface area contributed by atoms with E-state index < -0.39 is 0 Å². The summed E-state index contributed by atoms with van der Waals surface area (Å²) in [7, 11) is 0. The number of hydrogen-bond acceptors (Lipinski definition) is 3. The average Bonchev–Trinajstić information content (AvgIpc) is 2.97. The van der Waals surface area contributed by atoms with E-state index in [0.717, 1.165) is 51.9 Å². The number of rotatable bonds is 6. The van der Waals surface area contributed by atoms with E-state index in [0.29, 0.717) is 25.9 Å². The lowest BCUT2D eigenvalue weighted by molar-refractivity contribution is -0.131. The number of amides is 4. The molecular weight excluding hydrogens is 308 g/mol. The molecule has 2 rings (SSSR count).